The Labute approximate surface area is 117 Å². The van der Waals surface area contributed by atoms with Crippen LogP contribution in [-0.4, -0.2) is 15.1 Å². The lowest BCUT2D eigenvalue weighted by Crippen LogP contribution is -1.97. The molecule has 0 atom stereocenters. The van der Waals surface area contributed by atoms with Crippen LogP contribution in [-0.2, 0) is 6.42 Å². The Balaban J connectivity index is 2.08. The van der Waals surface area contributed by atoms with Gasteiger partial charge in [-0.3, -0.25) is 0 Å². The Bertz CT molecular complexity index is 743. The number of hydrogen-bond acceptors (Lipinski definition) is 5. The highest BCUT2D eigenvalue weighted by molar-refractivity contribution is 5.89. The summed E-state index contributed by atoms with van der Waals surface area (Å²) in [7, 11) is 0. The molecule has 102 valence electrons. The normalized spacial score (nSPS) is 10.9. The van der Waals surface area contributed by atoms with Crippen molar-refractivity contribution < 1.29 is 4.52 Å². The average molecular weight is 268 g/mol. The van der Waals surface area contributed by atoms with Crippen molar-refractivity contribution in [3.05, 3.63) is 41.3 Å². The Morgan fingerprint density at radius 3 is 2.55 bits per heavy atom. The van der Waals surface area contributed by atoms with Crippen molar-refractivity contribution in [3.8, 4) is 0 Å². The quantitative estimate of drug-likeness (QED) is 0.787. The van der Waals surface area contributed by atoms with E-state index in [-0.39, 0.29) is 0 Å². The average Bonchev–Trinajstić information content (AvgIpc) is 2.81. The van der Waals surface area contributed by atoms with E-state index < -0.39 is 0 Å². The van der Waals surface area contributed by atoms with Crippen LogP contribution in [0.15, 0.2) is 29.0 Å². The van der Waals surface area contributed by atoms with Gasteiger partial charge < -0.3 is 9.84 Å². The first-order chi connectivity index (χ1) is 9.67. The zero-order valence-corrected chi connectivity index (χ0v) is 11.8. The van der Waals surface area contributed by atoms with Gasteiger partial charge in [-0.05, 0) is 43.5 Å². The first-order valence-electron chi connectivity index (χ1n) is 6.62. The number of fused-ring (bicyclic) bond motifs is 1. The predicted octanol–water partition coefficient (Wildman–Crippen LogP) is 3.54. The summed E-state index contributed by atoms with van der Waals surface area (Å²) >= 11 is 0. The fourth-order valence-corrected chi connectivity index (χ4v) is 2.36. The summed E-state index contributed by atoms with van der Waals surface area (Å²) < 4.78 is 5.22. The van der Waals surface area contributed by atoms with E-state index in [9.17, 15) is 0 Å². The third-order valence-corrected chi connectivity index (χ3v) is 3.16. The summed E-state index contributed by atoms with van der Waals surface area (Å²) in [5.41, 5.74) is 4.81. The van der Waals surface area contributed by atoms with Gasteiger partial charge in [-0.1, -0.05) is 18.1 Å². The lowest BCUT2D eigenvalue weighted by atomic mass is 10.1. The van der Waals surface area contributed by atoms with E-state index in [1.54, 1.807) is 0 Å². The van der Waals surface area contributed by atoms with Gasteiger partial charge in [0.15, 0.2) is 0 Å². The number of nitrogens with one attached hydrogen (secondary N) is 1. The second-order valence-corrected chi connectivity index (χ2v) is 4.89. The molecule has 20 heavy (non-hydrogen) atoms. The van der Waals surface area contributed by atoms with Crippen LogP contribution in [0.25, 0.3) is 11.1 Å². The fraction of sp³-hybridized carbons (Fsp3) is 0.267. The minimum atomic E-state index is 0.517. The molecule has 0 fully saturated rings. The third-order valence-electron chi connectivity index (χ3n) is 3.16. The SMILES string of the molecule is CCc1noc2ncnc(Nc3cc(C)cc(C)c3)c12. The third kappa shape index (κ3) is 2.22. The summed E-state index contributed by atoms with van der Waals surface area (Å²) in [6.45, 7) is 6.18. The number of anilines is 2. The van der Waals surface area contributed by atoms with Crippen LogP contribution in [0, 0.1) is 13.8 Å². The molecule has 5 nitrogen and oxygen atoms in total. The Morgan fingerprint density at radius 1 is 1.10 bits per heavy atom. The van der Waals surface area contributed by atoms with Gasteiger partial charge in [0.1, 0.15) is 17.5 Å². The molecule has 2 aromatic heterocycles. The topological polar surface area (TPSA) is 63.8 Å². The monoisotopic (exact) mass is 268 g/mol. The molecule has 1 N–H and O–H groups in total. The van der Waals surface area contributed by atoms with Crippen molar-refractivity contribution in [2.45, 2.75) is 27.2 Å². The molecule has 0 unspecified atom stereocenters. The van der Waals surface area contributed by atoms with E-state index in [1.807, 2.05) is 6.92 Å². The van der Waals surface area contributed by atoms with Gasteiger partial charge in [0, 0.05) is 5.69 Å². The Hall–Kier alpha value is -2.43. The molecule has 3 rings (SSSR count). The smallest absolute Gasteiger partial charge is 0.263 e. The molecule has 0 saturated carbocycles. The molecular formula is C15H16N4O. The van der Waals surface area contributed by atoms with E-state index in [4.69, 9.17) is 4.52 Å². The minimum Gasteiger partial charge on any atom is -0.339 e. The summed E-state index contributed by atoms with van der Waals surface area (Å²) in [5.74, 6) is 0.734. The van der Waals surface area contributed by atoms with Crippen molar-refractivity contribution in [3.63, 3.8) is 0 Å². The molecule has 0 aliphatic carbocycles. The molecule has 0 saturated heterocycles. The molecule has 0 bridgehead atoms. The Morgan fingerprint density at radius 2 is 1.85 bits per heavy atom. The molecule has 0 radical (unpaired) electrons. The number of rotatable bonds is 3. The van der Waals surface area contributed by atoms with E-state index in [2.05, 4.69) is 52.5 Å². The van der Waals surface area contributed by atoms with Gasteiger partial charge in [0.25, 0.3) is 5.71 Å². The predicted molar refractivity (Wildman–Crippen MR) is 78.2 cm³/mol. The summed E-state index contributed by atoms with van der Waals surface area (Å²) in [4.78, 5) is 8.43. The molecule has 0 aliphatic rings. The summed E-state index contributed by atoms with van der Waals surface area (Å²) in [6, 6.07) is 6.30. The van der Waals surface area contributed by atoms with Crippen LogP contribution in [0.1, 0.15) is 23.7 Å². The van der Waals surface area contributed by atoms with Crippen LogP contribution in [0.2, 0.25) is 0 Å². The number of aryl methyl sites for hydroxylation is 3. The first kappa shape index (κ1) is 12.6. The number of nitrogens with zero attached hydrogens (tertiary/aromatic N) is 3. The zero-order valence-electron chi connectivity index (χ0n) is 11.8. The van der Waals surface area contributed by atoms with Gasteiger partial charge in [-0.2, -0.15) is 4.98 Å². The highest BCUT2D eigenvalue weighted by Crippen LogP contribution is 2.27. The maximum atomic E-state index is 5.22. The van der Waals surface area contributed by atoms with Crippen LogP contribution < -0.4 is 5.32 Å². The lowest BCUT2D eigenvalue weighted by Gasteiger charge is -2.08. The van der Waals surface area contributed by atoms with E-state index in [0.717, 1.165) is 29.0 Å². The largest absolute Gasteiger partial charge is 0.339 e. The maximum absolute atomic E-state index is 5.22. The molecule has 3 aromatic rings. The fourth-order valence-electron chi connectivity index (χ4n) is 2.36. The van der Waals surface area contributed by atoms with Gasteiger partial charge in [0.05, 0.1) is 5.69 Å². The minimum absolute atomic E-state index is 0.517. The number of hydrogen-bond donors (Lipinski definition) is 1. The molecule has 5 heteroatoms. The van der Waals surface area contributed by atoms with Crippen LogP contribution in [0.3, 0.4) is 0 Å². The van der Waals surface area contributed by atoms with Gasteiger partial charge in [-0.25, -0.2) is 4.98 Å². The molecule has 2 heterocycles. The highest BCUT2D eigenvalue weighted by Gasteiger charge is 2.13. The highest BCUT2D eigenvalue weighted by atomic mass is 16.5. The second kappa shape index (κ2) is 4.92. The van der Waals surface area contributed by atoms with E-state index in [1.165, 1.54) is 17.5 Å². The van der Waals surface area contributed by atoms with Gasteiger partial charge in [0.2, 0.25) is 0 Å². The van der Waals surface area contributed by atoms with E-state index in [0.29, 0.717) is 5.71 Å². The number of benzene rings is 1. The molecule has 0 amide bonds. The van der Waals surface area contributed by atoms with Gasteiger partial charge in [-0.15, -0.1) is 0 Å². The molecule has 0 aliphatic heterocycles. The van der Waals surface area contributed by atoms with Gasteiger partial charge >= 0.3 is 0 Å². The molecular weight excluding hydrogens is 252 g/mol. The second-order valence-electron chi connectivity index (χ2n) is 4.89. The van der Waals surface area contributed by atoms with E-state index >= 15 is 0 Å². The van der Waals surface area contributed by atoms with Crippen LogP contribution in [0.4, 0.5) is 11.5 Å². The van der Waals surface area contributed by atoms with Crippen LogP contribution in [0.5, 0.6) is 0 Å². The standard InChI is InChI=1S/C15H16N4O/c1-4-12-13-14(16-8-17-15(13)20-19-12)18-11-6-9(2)5-10(3)7-11/h5-8H,4H2,1-3H3,(H,16,17,18). The summed E-state index contributed by atoms with van der Waals surface area (Å²) in [5, 5.41) is 8.23. The molecule has 0 spiro atoms. The summed E-state index contributed by atoms with van der Waals surface area (Å²) in [6.07, 6.45) is 2.26. The van der Waals surface area contributed by atoms with Crippen molar-refractivity contribution in [1.82, 2.24) is 15.1 Å². The van der Waals surface area contributed by atoms with Crippen molar-refractivity contribution in [2.75, 3.05) is 5.32 Å². The first-order valence-corrected chi connectivity index (χ1v) is 6.62. The Kier molecular flexibility index (Phi) is 3.10. The van der Waals surface area contributed by atoms with Crippen LogP contribution >= 0.6 is 0 Å². The van der Waals surface area contributed by atoms with Crippen molar-refractivity contribution in [2.24, 2.45) is 0 Å². The zero-order chi connectivity index (χ0) is 14.1. The molecule has 1 aromatic carbocycles. The van der Waals surface area contributed by atoms with Crippen molar-refractivity contribution >= 4 is 22.6 Å². The maximum Gasteiger partial charge on any atom is 0.263 e. The lowest BCUT2D eigenvalue weighted by molar-refractivity contribution is 0.439. The van der Waals surface area contributed by atoms with Crippen molar-refractivity contribution in [1.29, 1.82) is 0 Å². The number of aromatic nitrogens is 3.